The quantitative estimate of drug-likeness (QED) is 0.640. The second-order valence-corrected chi connectivity index (χ2v) is 10.9. The number of pyridine rings is 1. The van der Waals surface area contributed by atoms with Crippen molar-refractivity contribution in [1.82, 2.24) is 15.2 Å². The summed E-state index contributed by atoms with van der Waals surface area (Å²) < 4.78 is 11.8. The molecule has 0 unspecified atom stereocenters. The van der Waals surface area contributed by atoms with Crippen LogP contribution in [0.25, 0.3) is 10.8 Å². The van der Waals surface area contributed by atoms with Crippen LogP contribution in [0.3, 0.4) is 0 Å². The van der Waals surface area contributed by atoms with Crippen molar-refractivity contribution in [3.63, 3.8) is 0 Å². The number of amides is 2. The topological polar surface area (TPSA) is 80.8 Å². The molecule has 36 heavy (non-hydrogen) atoms. The summed E-state index contributed by atoms with van der Waals surface area (Å²) in [6.45, 7) is 4.80. The number of fused-ring (bicyclic) bond motifs is 3. The summed E-state index contributed by atoms with van der Waals surface area (Å²) in [5.74, 6) is 2.39. The van der Waals surface area contributed by atoms with E-state index in [1.807, 2.05) is 24.3 Å². The van der Waals surface area contributed by atoms with Crippen molar-refractivity contribution >= 4 is 22.6 Å². The predicted molar refractivity (Wildman–Crippen MR) is 139 cm³/mol. The summed E-state index contributed by atoms with van der Waals surface area (Å²) >= 11 is 0. The van der Waals surface area contributed by atoms with Gasteiger partial charge in [-0.2, -0.15) is 0 Å². The number of nitrogens with one attached hydrogen (secondary N) is 1. The number of carbonyl (C=O) groups is 2. The van der Waals surface area contributed by atoms with Crippen LogP contribution in [-0.4, -0.2) is 53.5 Å². The Balaban J connectivity index is 1.36. The molecule has 2 amide bonds. The standard InChI is InChI=1S/C29H37N3O4/c1-18-8-4-5-9-20-14-24(20)31-28(34)25-15-21(17-32(25)27(33)13-19(2)12-18)36-29-23-11-7-6-10-22(23)26(35-3)16-30-29/h5-7,9-11,16,18-21,24-25H,4,8,12-15,17H2,1-3H3,(H,31,34)/b9-5-/t18-,19-,20-,21-,24-,25+/m1/s1. The molecule has 1 saturated carbocycles. The van der Waals surface area contributed by atoms with Crippen LogP contribution in [0.2, 0.25) is 0 Å². The van der Waals surface area contributed by atoms with Crippen molar-refractivity contribution in [2.75, 3.05) is 13.7 Å². The minimum Gasteiger partial charge on any atom is -0.494 e. The van der Waals surface area contributed by atoms with E-state index >= 15 is 0 Å². The lowest BCUT2D eigenvalue weighted by Crippen LogP contribution is -2.47. The van der Waals surface area contributed by atoms with Crippen LogP contribution in [0.1, 0.15) is 52.4 Å². The second kappa shape index (κ2) is 10.5. The van der Waals surface area contributed by atoms with Gasteiger partial charge in [-0.25, -0.2) is 4.98 Å². The van der Waals surface area contributed by atoms with Crippen molar-refractivity contribution in [2.24, 2.45) is 17.8 Å². The van der Waals surface area contributed by atoms with E-state index < -0.39 is 6.04 Å². The predicted octanol–water partition coefficient (Wildman–Crippen LogP) is 4.50. The largest absolute Gasteiger partial charge is 0.494 e. The van der Waals surface area contributed by atoms with Crippen LogP contribution >= 0.6 is 0 Å². The van der Waals surface area contributed by atoms with Gasteiger partial charge >= 0.3 is 0 Å². The number of methoxy groups -OCH3 is 1. The number of aromatic nitrogens is 1. The van der Waals surface area contributed by atoms with Crippen molar-refractivity contribution < 1.29 is 19.1 Å². The molecule has 0 bridgehead atoms. The highest BCUT2D eigenvalue weighted by Gasteiger charge is 2.44. The first kappa shape index (κ1) is 24.6. The van der Waals surface area contributed by atoms with E-state index in [0.29, 0.717) is 42.9 Å². The van der Waals surface area contributed by atoms with Gasteiger partial charge in [0.15, 0.2) is 0 Å². The van der Waals surface area contributed by atoms with Gasteiger partial charge in [-0.05, 0) is 49.5 Å². The lowest BCUT2D eigenvalue weighted by molar-refractivity contribution is -0.139. The van der Waals surface area contributed by atoms with Gasteiger partial charge in [0, 0.05) is 29.7 Å². The molecule has 1 N–H and O–H groups in total. The first-order valence-corrected chi connectivity index (χ1v) is 13.3. The highest BCUT2D eigenvalue weighted by atomic mass is 16.5. The van der Waals surface area contributed by atoms with E-state index in [9.17, 15) is 9.59 Å². The Morgan fingerprint density at radius 2 is 1.86 bits per heavy atom. The second-order valence-electron chi connectivity index (χ2n) is 10.9. The Kier molecular flexibility index (Phi) is 7.17. The lowest BCUT2D eigenvalue weighted by Gasteiger charge is -2.25. The molecule has 2 aliphatic heterocycles. The molecule has 6 atom stereocenters. The van der Waals surface area contributed by atoms with Gasteiger partial charge in [-0.1, -0.05) is 44.2 Å². The SMILES string of the molecule is COc1cnc(O[C@@H]2C[C@H]3C(=O)N[C@@H]4C[C@H]4/C=C\CC[C@@H](C)C[C@@H](C)CC(=O)N3C2)c2ccccc12. The molecule has 1 saturated heterocycles. The Bertz CT molecular complexity index is 1150. The van der Waals surface area contributed by atoms with E-state index in [4.69, 9.17) is 9.47 Å². The summed E-state index contributed by atoms with van der Waals surface area (Å²) in [5, 5.41) is 4.97. The summed E-state index contributed by atoms with van der Waals surface area (Å²) in [6.07, 6.45) is 10.9. The van der Waals surface area contributed by atoms with Crippen molar-refractivity contribution in [2.45, 2.75) is 70.6 Å². The zero-order valence-corrected chi connectivity index (χ0v) is 21.5. The summed E-state index contributed by atoms with van der Waals surface area (Å²) in [7, 11) is 1.62. The van der Waals surface area contributed by atoms with Crippen molar-refractivity contribution in [3.05, 3.63) is 42.6 Å². The molecule has 2 aromatic rings. The third-order valence-corrected chi connectivity index (χ3v) is 7.81. The van der Waals surface area contributed by atoms with Crippen LogP contribution in [0.15, 0.2) is 42.6 Å². The Hall–Kier alpha value is -3.09. The first-order valence-electron chi connectivity index (χ1n) is 13.3. The fourth-order valence-corrected chi connectivity index (χ4v) is 5.79. The smallest absolute Gasteiger partial charge is 0.243 e. The number of allylic oxidation sites excluding steroid dienone is 1. The normalized spacial score (nSPS) is 32.0. The molecule has 7 nitrogen and oxygen atoms in total. The fraction of sp³-hybridized carbons (Fsp3) is 0.552. The summed E-state index contributed by atoms with van der Waals surface area (Å²) in [4.78, 5) is 33.0. The van der Waals surface area contributed by atoms with Gasteiger partial charge in [-0.3, -0.25) is 9.59 Å². The van der Waals surface area contributed by atoms with E-state index in [0.717, 1.165) is 36.5 Å². The van der Waals surface area contributed by atoms with E-state index in [2.05, 4.69) is 36.3 Å². The van der Waals surface area contributed by atoms with Gasteiger partial charge in [-0.15, -0.1) is 0 Å². The molecule has 0 spiro atoms. The maximum Gasteiger partial charge on any atom is 0.243 e. The highest BCUT2D eigenvalue weighted by Crippen LogP contribution is 2.35. The van der Waals surface area contributed by atoms with Crippen molar-refractivity contribution in [3.8, 4) is 11.6 Å². The number of benzene rings is 1. The number of hydrogen-bond acceptors (Lipinski definition) is 5. The third kappa shape index (κ3) is 5.35. The van der Waals surface area contributed by atoms with Gasteiger partial charge in [0.25, 0.3) is 0 Å². The molecule has 7 heteroatoms. The number of ether oxygens (including phenoxy) is 2. The third-order valence-electron chi connectivity index (χ3n) is 7.81. The van der Waals surface area contributed by atoms with E-state index in [1.165, 1.54) is 0 Å². The van der Waals surface area contributed by atoms with Gasteiger partial charge in [0.1, 0.15) is 17.9 Å². The minimum atomic E-state index is -0.521. The molecule has 2 fully saturated rings. The Morgan fingerprint density at radius 3 is 2.67 bits per heavy atom. The van der Waals surface area contributed by atoms with Crippen LogP contribution in [0.5, 0.6) is 11.6 Å². The average Bonchev–Trinajstić information content (AvgIpc) is 3.45. The summed E-state index contributed by atoms with van der Waals surface area (Å²) in [5.41, 5.74) is 0. The average molecular weight is 492 g/mol. The van der Waals surface area contributed by atoms with Crippen LogP contribution < -0.4 is 14.8 Å². The first-order chi connectivity index (χ1) is 17.4. The molecule has 1 aromatic carbocycles. The van der Waals surface area contributed by atoms with E-state index in [1.54, 1.807) is 18.2 Å². The van der Waals surface area contributed by atoms with Crippen molar-refractivity contribution in [1.29, 1.82) is 0 Å². The lowest BCUT2D eigenvalue weighted by atomic mass is 9.91. The molecular formula is C29H37N3O4. The molecule has 3 heterocycles. The van der Waals surface area contributed by atoms with E-state index in [-0.39, 0.29) is 29.9 Å². The molecule has 5 rings (SSSR count). The molecule has 3 aliphatic rings. The maximum atomic E-state index is 13.4. The maximum absolute atomic E-state index is 13.4. The van der Waals surface area contributed by atoms with Crippen LogP contribution in [0.4, 0.5) is 0 Å². The summed E-state index contributed by atoms with van der Waals surface area (Å²) in [6, 6.07) is 7.46. The zero-order chi connectivity index (χ0) is 25.2. The fourth-order valence-electron chi connectivity index (χ4n) is 5.79. The van der Waals surface area contributed by atoms with Gasteiger partial charge in [0.05, 0.1) is 19.9 Å². The number of carbonyl (C=O) groups excluding carboxylic acids is 2. The molecule has 1 aromatic heterocycles. The number of rotatable bonds is 3. The number of nitrogens with zero attached hydrogens (tertiary/aromatic N) is 2. The van der Waals surface area contributed by atoms with Crippen LogP contribution in [0, 0.1) is 17.8 Å². The molecular weight excluding hydrogens is 454 g/mol. The molecule has 0 radical (unpaired) electrons. The van der Waals surface area contributed by atoms with Crippen LogP contribution in [-0.2, 0) is 9.59 Å². The monoisotopic (exact) mass is 491 g/mol. The Labute approximate surface area is 213 Å². The molecule has 1 aliphatic carbocycles. The van der Waals surface area contributed by atoms with Gasteiger partial charge < -0.3 is 19.7 Å². The zero-order valence-electron chi connectivity index (χ0n) is 21.5. The van der Waals surface area contributed by atoms with Gasteiger partial charge in [0.2, 0.25) is 17.7 Å². The molecule has 192 valence electrons. The Morgan fingerprint density at radius 1 is 1.06 bits per heavy atom. The highest BCUT2D eigenvalue weighted by molar-refractivity contribution is 5.92. The number of hydrogen-bond donors (Lipinski definition) is 1. The minimum absolute atomic E-state index is 0.0360.